The number of rotatable bonds is 6. The Labute approximate surface area is 306 Å². The zero-order chi connectivity index (χ0) is 35.0. The molecule has 0 aliphatic carbocycles. The minimum absolute atomic E-state index is 1.22. The molecule has 0 radical (unpaired) electrons. The van der Waals surface area contributed by atoms with Crippen LogP contribution in [0.4, 0.5) is 0 Å². The molecule has 0 unspecified atom stereocenters. The highest BCUT2D eigenvalue weighted by Gasteiger charge is 2.21. The Hall–Kier alpha value is -6.50. The first-order chi connectivity index (χ1) is 25.6. The Morgan fingerprint density at radius 3 is 0.827 bits per heavy atom. The van der Waals surface area contributed by atoms with Crippen LogP contribution in [-0.4, -0.2) is 0 Å². The smallest absolute Gasteiger partial charge is 0.00235 e. The van der Waals surface area contributed by atoms with Crippen molar-refractivity contribution in [2.24, 2.45) is 0 Å². The van der Waals surface area contributed by atoms with E-state index in [4.69, 9.17) is 0 Å². The van der Waals surface area contributed by atoms with Gasteiger partial charge in [0.15, 0.2) is 0 Å². The summed E-state index contributed by atoms with van der Waals surface area (Å²) in [5.41, 5.74) is 17.4. The van der Waals surface area contributed by atoms with Gasteiger partial charge in [-0.2, -0.15) is 0 Å². The van der Waals surface area contributed by atoms with E-state index in [2.05, 4.69) is 208 Å². The summed E-state index contributed by atoms with van der Waals surface area (Å²) < 4.78 is 0. The second kappa shape index (κ2) is 13.3. The fraction of sp³-hybridized carbons (Fsp3) is 0.0385. The largest absolute Gasteiger partial charge is 0.0622 e. The topological polar surface area (TPSA) is 0 Å². The van der Waals surface area contributed by atoms with Crippen LogP contribution in [0.3, 0.4) is 0 Å². The Morgan fingerprint density at radius 2 is 0.519 bits per heavy atom. The summed E-state index contributed by atoms with van der Waals surface area (Å²) >= 11 is 0. The van der Waals surface area contributed by atoms with Crippen molar-refractivity contribution in [1.29, 1.82) is 0 Å². The van der Waals surface area contributed by atoms with Crippen LogP contribution >= 0.6 is 0 Å². The first-order valence-electron chi connectivity index (χ1n) is 18.1. The number of hydrogen-bond acceptors (Lipinski definition) is 0. The number of hydrogen-bond donors (Lipinski definition) is 0. The van der Waals surface area contributed by atoms with E-state index in [0.717, 1.165) is 0 Å². The normalized spacial score (nSPS) is 11.3. The summed E-state index contributed by atoms with van der Waals surface area (Å²) in [6, 6.07) is 71.0. The molecule has 9 aromatic carbocycles. The van der Waals surface area contributed by atoms with E-state index >= 15 is 0 Å². The highest BCUT2D eigenvalue weighted by Crippen LogP contribution is 2.48. The maximum Gasteiger partial charge on any atom is -0.00235 e. The standard InChI is InChI=1S/C52H38/c1-35-31-41(37-15-7-3-8-16-37)23-27-45(35)51-47-29-25-44(40-21-13-6-14-22-40)34-50(47)52(46-28-24-42(32-36(46)2)38-17-9-4-10-18-38)48-30-26-43(33-49(48)51)39-19-11-5-12-20-39/h3-34H,1-2H3. The van der Waals surface area contributed by atoms with Crippen molar-refractivity contribution in [2.45, 2.75) is 13.8 Å². The molecule has 246 valence electrons. The number of benzene rings is 9. The number of fused-ring (bicyclic) bond motifs is 2. The summed E-state index contributed by atoms with van der Waals surface area (Å²) in [5, 5.41) is 5.04. The Morgan fingerprint density at radius 1 is 0.231 bits per heavy atom. The van der Waals surface area contributed by atoms with Crippen molar-refractivity contribution in [3.63, 3.8) is 0 Å². The molecular formula is C52H38. The summed E-state index contributed by atoms with van der Waals surface area (Å²) in [7, 11) is 0. The van der Waals surface area contributed by atoms with Gasteiger partial charge in [0.2, 0.25) is 0 Å². The van der Waals surface area contributed by atoms with Crippen molar-refractivity contribution < 1.29 is 0 Å². The lowest BCUT2D eigenvalue weighted by Gasteiger charge is -2.22. The van der Waals surface area contributed by atoms with Gasteiger partial charge in [0.25, 0.3) is 0 Å². The third-order valence-electron chi connectivity index (χ3n) is 10.5. The van der Waals surface area contributed by atoms with Gasteiger partial charge in [-0.15, -0.1) is 0 Å². The van der Waals surface area contributed by atoms with Gasteiger partial charge in [-0.05, 0) is 125 Å². The van der Waals surface area contributed by atoms with Crippen molar-refractivity contribution in [3.8, 4) is 66.8 Å². The van der Waals surface area contributed by atoms with Crippen LogP contribution in [0.2, 0.25) is 0 Å². The maximum absolute atomic E-state index is 2.42. The molecule has 0 amide bonds. The second-order valence-electron chi connectivity index (χ2n) is 13.8. The Kier molecular flexibility index (Phi) is 8.07. The Bertz CT molecular complexity index is 2510. The van der Waals surface area contributed by atoms with Crippen molar-refractivity contribution >= 4 is 21.5 Å². The fourth-order valence-electron chi connectivity index (χ4n) is 7.94. The molecule has 0 aromatic heterocycles. The van der Waals surface area contributed by atoms with Gasteiger partial charge in [-0.3, -0.25) is 0 Å². The minimum Gasteiger partial charge on any atom is -0.0622 e. The maximum atomic E-state index is 2.42. The van der Waals surface area contributed by atoms with Crippen LogP contribution in [-0.2, 0) is 0 Å². The van der Waals surface area contributed by atoms with Crippen molar-refractivity contribution in [2.75, 3.05) is 0 Å². The van der Waals surface area contributed by atoms with Crippen LogP contribution < -0.4 is 0 Å². The summed E-state index contributed by atoms with van der Waals surface area (Å²) in [6.45, 7) is 4.53. The molecule has 9 aromatic rings. The molecule has 0 saturated carbocycles. The van der Waals surface area contributed by atoms with E-state index < -0.39 is 0 Å². The second-order valence-corrected chi connectivity index (χ2v) is 13.8. The molecular weight excluding hydrogens is 625 g/mol. The third kappa shape index (κ3) is 5.69. The zero-order valence-electron chi connectivity index (χ0n) is 29.5. The lowest BCUT2D eigenvalue weighted by Crippen LogP contribution is -1.95. The van der Waals surface area contributed by atoms with Gasteiger partial charge >= 0.3 is 0 Å². The van der Waals surface area contributed by atoms with Crippen LogP contribution in [0.15, 0.2) is 194 Å². The van der Waals surface area contributed by atoms with Crippen LogP contribution in [0, 0.1) is 13.8 Å². The monoisotopic (exact) mass is 662 g/mol. The number of aryl methyl sites for hydroxylation is 2. The first-order valence-corrected chi connectivity index (χ1v) is 18.1. The molecule has 0 N–H and O–H groups in total. The molecule has 0 heteroatoms. The highest BCUT2D eigenvalue weighted by atomic mass is 14.2. The zero-order valence-corrected chi connectivity index (χ0v) is 29.5. The quantitative estimate of drug-likeness (QED) is 0.155. The van der Waals surface area contributed by atoms with Gasteiger partial charge < -0.3 is 0 Å². The molecule has 0 aliphatic heterocycles. The average Bonchev–Trinajstić information content (AvgIpc) is 3.21. The van der Waals surface area contributed by atoms with E-state index in [9.17, 15) is 0 Å². The molecule has 0 fully saturated rings. The van der Waals surface area contributed by atoms with Crippen LogP contribution in [0.5, 0.6) is 0 Å². The van der Waals surface area contributed by atoms with E-state index in [1.165, 1.54) is 99.4 Å². The first kappa shape index (κ1) is 31.5. The fourth-order valence-corrected chi connectivity index (χ4v) is 7.94. The van der Waals surface area contributed by atoms with Crippen LogP contribution in [0.1, 0.15) is 11.1 Å². The minimum atomic E-state index is 1.22. The van der Waals surface area contributed by atoms with Gasteiger partial charge in [0.05, 0.1) is 0 Å². The molecule has 0 bridgehead atoms. The molecule has 0 spiro atoms. The van der Waals surface area contributed by atoms with Gasteiger partial charge in [0, 0.05) is 0 Å². The van der Waals surface area contributed by atoms with E-state index in [1.54, 1.807) is 0 Å². The van der Waals surface area contributed by atoms with Crippen molar-refractivity contribution in [1.82, 2.24) is 0 Å². The van der Waals surface area contributed by atoms with Gasteiger partial charge in [-0.1, -0.05) is 182 Å². The predicted molar refractivity (Wildman–Crippen MR) is 224 cm³/mol. The molecule has 0 saturated heterocycles. The molecule has 0 nitrogen and oxygen atoms in total. The van der Waals surface area contributed by atoms with Gasteiger partial charge in [0.1, 0.15) is 0 Å². The summed E-state index contributed by atoms with van der Waals surface area (Å²) in [4.78, 5) is 0. The Balaban J connectivity index is 1.38. The van der Waals surface area contributed by atoms with Gasteiger partial charge in [-0.25, -0.2) is 0 Å². The third-order valence-corrected chi connectivity index (χ3v) is 10.5. The average molecular weight is 663 g/mol. The lowest BCUT2D eigenvalue weighted by atomic mass is 9.81. The lowest BCUT2D eigenvalue weighted by molar-refractivity contribution is 1.46. The molecule has 52 heavy (non-hydrogen) atoms. The highest BCUT2D eigenvalue weighted by molar-refractivity contribution is 6.23. The van der Waals surface area contributed by atoms with Crippen LogP contribution in [0.25, 0.3) is 88.3 Å². The predicted octanol–water partition coefficient (Wildman–Crippen LogP) is 14.6. The van der Waals surface area contributed by atoms with E-state index in [-0.39, 0.29) is 0 Å². The van der Waals surface area contributed by atoms with E-state index in [0.29, 0.717) is 0 Å². The summed E-state index contributed by atoms with van der Waals surface area (Å²) in [5.74, 6) is 0. The molecule has 9 rings (SSSR count). The SMILES string of the molecule is Cc1cc(-c2ccccc2)ccc1-c1c2ccc(-c3ccccc3)cc2c(-c2ccc(-c3ccccc3)cc2C)c2ccc(-c3ccccc3)cc12. The molecule has 0 heterocycles. The molecule has 0 atom stereocenters. The summed E-state index contributed by atoms with van der Waals surface area (Å²) in [6.07, 6.45) is 0. The van der Waals surface area contributed by atoms with Crippen molar-refractivity contribution in [3.05, 3.63) is 205 Å². The van der Waals surface area contributed by atoms with E-state index in [1.807, 2.05) is 0 Å². The molecule has 0 aliphatic rings.